The lowest BCUT2D eigenvalue weighted by Gasteiger charge is -2.12. The van der Waals surface area contributed by atoms with Gasteiger partial charge < -0.3 is 9.88 Å². The molecule has 0 aliphatic rings. The molecule has 0 saturated carbocycles. The Morgan fingerprint density at radius 1 is 1.27 bits per heavy atom. The van der Waals surface area contributed by atoms with Crippen molar-refractivity contribution in [2.75, 3.05) is 6.54 Å². The molecule has 3 aromatic rings. The van der Waals surface area contributed by atoms with Crippen molar-refractivity contribution < 1.29 is 9.18 Å². The van der Waals surface area contributed by atoms with Crippen LogP contribution in [0.15, 0.2) is 54.6 Å². The van der Waals surface area contributed by atoms with Gasteiger partial charge in [0.2, 0.25) is 5.91 Å². The van der Waals surface area contributed by atoms with Gasteiger partial charge in [0, 0.05) is 29.1 Å². The number of carbonyl (C=O) groups is 1. The van der Waals surface area contributed by atoms with E-state index in [1.54, 1.807) is 19.1 Å². The van der Waals surface area contributed by atoms with Crippen LogP contribution in [0, 0.1) is 5.82 Å². The first-order valence-corrected chi connectivity index (χ1v) is 8.66. The van der Waals surface area contributed by atoms with E-state index in [1.807, 2.05) is 28.8 Å². The standard InChI is InChI=1S/C20H19ClFN3O/c1-13(2)20(26)23-11-10-19-24-17-8-3-4-9-18(17)25(19)12-14-15(21)6-5-7-16(14)22/h3-9H,1,10-12H2,2H3,(H,23,26). The topological polar surface area (TPSA) is 46.9 Å². The number of para-hydroxylation sites is 2. The van der Waals surface area contributed by atoms with E-state index < -0.39 is 0 Å². The summed E-state index contributed by atoms with van der Waals surface area (Å²) in [6.07, 6.45) is 0.514. The van der Waals surface area contributed by atoms with Gasteiger partial charge in [-0.25, -0.2) is 9.37 Å². The minimum Gasteiger partial charge on any atom is -0.352 e. The maximum atomic E-state index is 14.2. The van der Waals surface area contributed by atoms with E-state index in [1.165, 1.54) is 6.07 Å². The minimum absolute atomic E-state index is 0.190. The lowest BCUT2D eigenvalue weighted by Crippen LogP contribution is -2.26. The Morgan fingerprint density at radius 3 is 2.77 bits per heavy atom. The molecule has 0 atom stereocenters. The summed E-state index contributed by atoms with van der Waals surface area (Å²) in [6, 6.07) is 12.3. The highest BCUT2D eigenvalue weighted by Gasteiger charge is 2.15. The quantitative estimate of drug-likeness (QED) is 0.663. The molecule has 1 N–H and O–H groups in total. The number of nitrogens with one attached hydrogen (secondary N) is 1. The number of hydrogen-bond acceptors (Lipinski definition) is 2. The van der Waals surface area contributed by atoms with Crippen LogP contribution in [0.1, 0.15) is 18.3 Å². The van der Waals surface area contributed by atoms with E-state index in [9.17, 15) is 9.18 Å². The van der Waals surface area contributed by atoms with Gasteiger partial charge in [0.15, 0.2) is 0 Å². The highest BCUT2D eigenvalue weighted by molar-refractivity contribution is 6.31. The van der Waals surface area contributed by atoms with Crippen LogP contribution in [-0.4, -0.2) is 22.0 Å². The Morgan fingerprint density at radius 2 is 2.04 bits per heavy atom. The molecule has 6 heteroatoms. The van der Waals surface area contributed by atoms with Crippen molar-refractivity contribution in [2.45, 2.75) is 19.9 Å². The van der Waals surface area contributed by atoms with Crippen molar-refractivity contribution in [3.63, 3.8) is 0 Å². The summed E-state index contributed by atoms with van der Waals surface area (Å²) in [7, 11) is 0. The number of carbonyl (C=O) groups excluding carboxylic acids is 1. The van der Waals surface area contributed by atoms with E-state index in [-0.39, 0.29) is 18.3 Å². The average molecular weight is 372 g/mol. The number of benzene rings is 2. The van der Waals surface area contributed by atoms with E-state index >= 15 is 0 Å². The van der Waals surface area contributed by atoms with Gasteiger partial charge in [0.1, 0.15) is 11.6 Å². The molecule has 4 nitrogen and oxygen atoms in total. The molecular weight excluding hydrogens is 353 g/mol. The molecule has 0 radical (unpaired) electrons. The molecule has 3 rings (SSSR count). The van der Waals surface area contributed by atoms with Crippen molar-refractivity contribution in [3.8, 4) is 0 Å². The molecule has 0 bridgehead atoms. The van der Waals surface area contributed by atoms with E-state index in [0.717, 1.165) is 16.9 Å². The van der Waals surface area contributed by atoms with Gasteiger partial charge in [0.05, 0.1) is 17.6 Å². The van der Waals surface area contributed by atoms with Gasteiger partial charge in [-0.1, -0.05) is 36.4 Å². The molecule has 2 aromatic carbocycles. The third kappa shape index (κ3) is 3.78. The van der Waals surface area contributed by atoms with Gasteiger partial charge in [-0.2, -0.15) is 0 Å². The molecule has 134 valence electrons. The van der Waals surface area contributed by atoms with Crippen molar-refractivity contribution >= 4 is 28.5 Å². The second-order valence-electron chi connectivity index (χ2n) is 6.09. The molecular formula is C20H19ClFN3O. The number of fused-ring (bicyclic) bond motifs is 1. The van der Waals surface area contributed by atoms with Crippen LogP contribution in [0.3, 0.4) is 0 Å². The molecule has 0 fully saturated rings. The second-order valence-corrected chi connectivity index (χ2v) is 6.50. The number of hydrogen-bond donors (Lipinski definition) is 1. The first kappa shape index (κ1) is 18.1. The van der Waals surface area contributed by atoms with Gasteiger partial charge in [0.25, 0.3) is 0 Å². The van der Waals surface area contributed by atoms with Crippen LogP contribution in [0.5, 0.6) is 0 Å². The van der Waals surface area contributed by atoms with Gasteiger partial charge in [-0.3, -0.25) is 4.79 Å². The van der Waals surface area contributed by atoms with E-state index in [0.29, 0.717) is 29.1 Å². The van der Waals surface area contributed by atoms with E-state index in [4.69, 9.17) is 11.6 Å². The highest BCUT2D eigenvalue weighted by atomic mass is 35.5. The van der Waals surface area contributed by atoms with Crippen LogP contribution < -0.4 is 5.32 Å². The largest absolute Gasteiger partial charge is 0.352 e. The summed E-state index contributed by atoms with van der Waals surface area (Å²) in [5, 5.41) is 3.18. The third-order valence-corrected chi connectivity index (χ3v) is 4.49. The monoisotopic (exact) mass is 371 g/mol. The van der Waals surface area contributed by atoms with Crippen LogP contribution in [0.2, 0.25) is 5.02 Å². The van der Waals surface area contributed by atoms with Crippen molar-refractivity contribution in [1.29, 1.82) is 0 Å². The Kier molecular flexibility index (Phi) is 5.38. The first-order chi connectivity index (χ1) is 12.5. The van der Waals surface area contributed by atoms with Crippen molar-refractivity contribution in [1.82, 2.24) is 14.9 Å². The number of nitrogens with zero attached hydrogens (tertiary/aromatic N) is 2. The molecule has 0 aliphatic heterocycles. The summed E-state index contributed by atoms with van der Waals surface area (Å²) in [6.45, 7) is 5.97. The highest BCUT2D eigenvalue weighted by Crippen LogP contribution is 2.24. The van der Waals surface area contributed by atoms with Gasteiger partial charge in [-0.15, -0.1) is 0 Å². The van der Waals surface area contributed by atoms with Gasteiger partial charge in [-0.05, 0) is 31.2 Å². The summed E-state index contributed by atoms with van der Waals surface area (Å²) in [5.74, 6) is 0.217. The normalized spacial score (nSPS) is 10.9. The predicted molar refractivity (Wildman–Crippen MR) is 102 cm³/mol. The Bertz CT molecular complexity index is 960. The molecule has 26 heavy (non-hydrogen) atoms. The SMILES string of the molecule is C=C(C)C(=O)NCCc1nc2ccccc2n1Cc1c(F)cccc1Cl. The van der Waals surface area contributed by atoms with Crippen molar-refractivity contribution in [3.05, 3.63) is 76.8 Å². The van der Waals surface area contributed by atoms with E-state index in [2.05, 4.69) is 16.9 Å². The number of aromatic nitrogens is 2. The Balaban J connectivity index is 1.92. The number of rotatable bonds is 6. The molecule has 1 amide bonds. The zero-order chi connectivity index (χ0) is 18.7. The Labute approximate surface area is 156 Å². The minimum atomic E-state index is -0.350. The fourth-order valence-corrected chi connectivity index (χ4v) is 3.00. The summed E-state index contributed by atoms with van der Waals surface area (Å²) >= 11 is 6.19. The van der Waals surface area contributed by atoms with Gasteiger partial charge >= 0.3 is 0 Å². The smallest absolute Gasteiger partial charge is 0.246 e. The van der Waals surface area contributed by atoms with Crippen LogP contribution in [-0.2, 0) is 17.8 Å². The zero-order valence-electron chi connectivity index (χ0n) is 14.4. The fourth-order valence-electron chi connectivity index (χ4n) is 2.77. The average Bonchev–Trinajstić information content (AvgIpc) is 2.95. The molecule has 0 spiro atoms. The molecule has 0 unspecified atom stereocenters. The summed E-state index contributed by atoms with van der Waals surface area (Å²) < 4.78 is 16.2. The van der Waals surface area contributed by atoms with Crippen LogP contribution >= 0.6 is 11.6 Å². The van der Waals surface area contributed by atoms with Crippen LogP contribution in [0.25, 0.3) is 11.0 Å². The lowest BCUT2D eigenvalue weighted by molar-refractivity contribution is -0.117. The lowest BCUT2D eigenvalue weighted by atomic mass is 10.2. The summed E-state index contributed by atoms with van der Waals surface area (Å²) in [5.41, 5.74) is 2.59. The summed E-state index contributed by atoms with van der Waals surface area (Å²) in [4.78, 5) is 16.3. The zero-order valence-corrected chi connectivity index (χ0v) is 15.2. The third-order valence-electron chi connectivity index (χ3n) is 4.13. The second kappa shape index (κ2) is 7.70. The molecule has 0 saturated heterocycles. The molecule has 1 heterocycles. The number of imidazole rings is 1. The maximum Gasteiger partial charge on any atom is 0.246 e. The number of halogens is 2. The predicted octanol–water partition coefficient (Wildman–Crippen LogP) is 4.11. The fraction of sp³-hybridized carbons (Fsp3) is 0.200. The van der Waals surface area contributed by atoms with Crippen molar-refractivity contribution in [2.24, 2.45) is 0 Å². The maximum absolute atomic E-state index is 14.2. The molecule has 1 aromatic heterocycles. The molecule has 0 aliphatic carbocycles. The Hall–Kier alpha value is -2.66. The number of amides is 1. The van der Waals surface area contributed by atoms with Crippen LogP contribution in [0.4, 0.5) is 4.39 Å². The first-order valence-electron chi connectivity index (χ1n) is 8.28.